The number of phenolic OH excluding ortho intramolecular Hbond substituents is 1. The number of hydrogen-bond acceptors (Lipinski definition) is 4. The van der Waals surface area contributed by atoms with Gasteiger partial charge >= 0.3 is 0 Å². The molecule has 2 aromatic rings. The smallest absolute Gasteiger partial charge is 0.165 e. The molecule has 1 heterocycles. The fourth-order valence-corrected chi connectivity index (χ4v) is 1.91. The van der Waals surface area contributed by atoms with Crippen LogP contribution in [-0.4, -0.2) is 15.8 Å². The highest BCUT2D eigenvalue weighted by molar-refractivity contribution is 6.35. The van der Waals surface area contributed by atoms with Gasteiger partial charge in [-0.25, -0.2) is 9.37 Å². The van der Waals surface area contributed by atoms with Crippen molar-refractivity contribution in [2.75, 3.05) is 5.43 Å². The second kappa shape index (κ2) is 6.07. The molecule has 104 valence electrons. The van der Waals surface area contributed by atoms with Crippen LogP contribution in [0.5, 0.6) is 5.75 Å². The number of rotatable bonds is 3. The molecule has 0 unspecified atom stereocenters. The third kappa shape index (κ3) is 3.37. The van der Waals surface area contributed by atoms with E-state index in [1.165, 1.54) is 24.4 Å². The maximum Gasteiger partial charge on any atom is 0.165 e. The van der Waals surface area contributed by atoms with Gasteiger partial charge in [-0.05, 0) is 31.2 Å². The molecule has 0 saturated heterocycles. The number of nitrogens with one attached hydrogen (secondary N) is 1. The lowest BCUT2D eigenvalue weighted by molar-refractivity contribution is 0.472. The molecule has 0 fully saturated rings. The molecule has 2 rings (SSSR count). The van der Waals surface area contributed by atoms with Crippen molar-refractivity contribution >= 4 is 34.7 Å². The molecule has 1 aromatic carbocycles. The summed E-state index contributed by atoms with van der Waals surface area (Å²) in [6.07, 6.45) is 1.42. The van der Waals surface area contributed by atoms with Crippen molar-refractivity contribution in [2.45, 2.75) is 6.92 Å². The van der Waals surface area contributed by atoms with Crippen LogP contribution in [0.2, 0.25) is 10.0 Å². The van der Waals surface area contributed by atoms with Gasteiger partial charge in [0.1, 0.15) is 11.6 Å². The first-order valence-electron chi connectivity index (χ1n) is 5.57. The lowest BCUT2D eigenvalue weighted by Crippen LogP contribution is -2.02. The molecule has 7 heteroatoms. The number of phenols is 1. The standard InChI is InChI=1S/C13H10Cl2FN3O/c1-7(10-5-9(16)2-3-12(10)20)18-19-13-11(15)4-8(14)6-17-13/h2-6,20H,1H3,(H,17,19)/b18-7+. The summed E-state index contributed by atoms with van der Waals surface area (Å²) in [6, 6.07) is 5.13. The first-order chi connectivity index (χ1) is 9.47. The van der Waals surface area contributed by atoms with Crippen LogP contribution in [-0.2, 0) is 0 Å². The van der Waals surface area contributed by atoms with Gasteiger partial charge in [0, 0.05) is 11.8 Å². The molecule has 0 saturated carbocycles. The van der Waals surface area contributed by atoms with Gasteiger partial charge in [-0.2, -0.15) is 5.10 Å². The van der Waals surface area contributed by atoms with Crippen LogP contribution in [0.3, 0.4) is 0 Å². The van der Waals surface area contributed by atoms with Crippen molar-refractivity contribution in [2.24, 2.45) is 5.10 Å². The topological polar surface area (TPSA) is 57.5 Å². The third-order valence-electron chi connectivity index (χ3n) is 2.49. The molecular weight excluding hydrogens is 304 g/mol. The summed E-state index contributed by atoms with van der Waals surface area (Å²) >= 11 is 11.7. The number of benzene rings is 1. The van der Waals surface area contributed by atoms with E-state index < -0.39 is 5.82 Å². The van der Waals surface area contributed by atoms with Crippen LogP contribution in [0.25, 0.3) is 0 Å². The first kappa shape index (κ1) is 14.6. The Balaban J connectivity index is 2.24. The minimum atomic E-state index is -0.463. The molecule has 0 amide bonds. The minimum Gasteiger partial charge on any atom is -0.507 e. The summed E-state index contributed by atoms with van der Waals surface area (Å²) in [4.78, 5) is 3.96. The van der Waals surface area contributed by atoms with Crippen LogP contribution >= 0.6 is 23.2 Å². The maximum atomic E-state index is 13.1. The van der Waals surface area contributed by atoms with Crippen LogP contribution < -0.4 is 5.43 Å². The van der Waals surface area contributed by atoms with Gasteiger partial charge in [0.05, 0.1) is 15.8 Å². The fraction of sp³-hybridized carbons (Fsp3) is 0.0769. The van der Waals surface area contributed by atoms with Crippen LogP contribution in [0.4, 0.5) is 10.2 Å². The van der Waals surface area contributed by atoms with Crippen molar-refractivity contribution in [3.63, 3.8) is 0 Å². The average molecular weight is 314 g/mol. The number of aromatic nitrogens is 1. The zero-order valence-corrected chi connectivity index (χ0v) is 11.9. The quantitative estimate of drug-likeness (QED) is 0.663. The summed E-state index contributed by atoms with van der Waals surface area (Å²) in [5.74, 6) is -0.217. The van der Waals surface area contributed by atoms with Crippen molar-refractivity contribution in [3.8, 4) is 5.75 Å². The highest BCUT2D eigenvalue weighted by atomic mass is 35.5. The number of hydrazone groups is 1. The molecule has 1 aromatic heterocycles. The van der Waals surface area contributed by atoms with Crippen LogP contribution in [0, 0.1) is 5.82 Å². The largest absolute Gasteiger partial charge is 0.507 e. The Morgan fingerprint density at radius 2 is 2.10 bits per heavy atom. The number of aromatic hydroxyl groups is 1. The molecule has 0 aliphatic rings. The van der Waals surface area contributed by atoms with Crippen molar-refractivity contribution in [1.29, 1.82) is 0 Å². The van der Waals surface area contributed by atoms with E-state index in [-0.39, 0.29) is 11.3 Å². The Hall–Kier alpha value is -1.85. The molecule has 0 aliphatic heterocycles. The average Bonchev–Trinajstić information content (AvgIpc) is 2.40. The van der Waals surface area contributed by atoms with Gasteiger partial charge in [0.15, 0.2) is 5.82 Å². The first-order valence-corrected chi connectivity index (χ1v) is 6.33. The molecular formula is C13H10Cl2FN3O. The minimum absolute atomic E-state index is 0.0652. The Bertz CT molecular complexity index is 677. The lowest BCUT2D eigenvalue weighted by atomic mass is 10.1. The summed E-state index contributed by atoms with van der Waals surface area (Å²) in [5.41, 5.74) is 3.30. The molecule has 0 atom stereocenters. The van der Waals surface area contributed by atoms with Gasteiger partial charge in [-0.3, -0.25) is 5.43 Å². The van der Waals surface area contributed by atoms with Crippen molar-refractivity contribution in [3.05, 3.63) is 51.9 Å². The van der Waals surface area contributed by atoms with E-state index in [2.05, 4.69) is 15.5 Å². The van der Waals surface area contributed by atoms with Gasteiger partial charge in [-0.15, -0.1) is 0 Å². The molecule has 0 radical (unpaired) electrons. The lowest BCUT2D eigenvalue weighted by Gasteiger charge is -2.06. The Labute approximate surface area is 124 Å². The van der Waals surface area contributed by atoms with Crippen molar-refractivity contribution in [1.82, 2.24) is 4.98 Å². The van der Waals surface area contributed by atoms with Gasteiger partial charge < -0.3 is 5.11 Å². The van der Waals surface area contributed by atoms with E-state index in [1.807, 2.05) is 0 Å². The second-order valence-electron chi connectivity index (χ2n) is 3.95. The monoisotopic (exact) mass is 313 g/mol. The third-order valence-corrected chi connectivity index (χ3v) is 2.98. The molecule has 4 nitrogen and oxygen atoms in total. The molecule has 0 aliphatic carbocycles. The molecule has 0 bridgehead atoms. The highest BCUT2D eigenvalue weighted by Crippen LogP contribution is 2.23. The van der Waals surface area contributed by atoms with Gasteiger partial charge in [0.25, 0.3) is 0 Å². The van der Waals surface area contributed by atoms with Crippen LogP contribution in [0.1, 0.15) is 12.5 Å². The second-order valence-corrected chi connectivity index (χ2v) is 4.80. The summed E-state index contributed by atoms with van der Waals surface area (Å²) < 4.78 is 13.1. The van der Waals surface area contributed by atoms with Gasteiger partial charge in [0.2, 0.25) is 0 Å². The van der Waals surface area contributed by atoms with E-state index in [4.69, 9.17) is 23.2 Å². The Morgan fingerprint density at radius 3 is 2.80 bits per heavy atom. The van der Waals surface area contributed by atoms with E-state index >= 15 is 0 Å². The van der Waals surface area contributed by atoms with Crippen molar-refractivity contribution < 1.29 is 9.50 Å². The number of hydrogen-bond donors (Lipinski definition) is 2. The predicted octanol–water partition coefficient (Wildman–Crippen LogP) is 4.07. The van der Waals surface area contributed by atoms with Gasteiger partial charge in [-0.1, -0.05) is 23.2 Å². The maximum absolute atomic E-state index is 13.1. The molecule has 20 heavy (non-hydrogen) atoms. The van der Waals surface area contributed by atoms with E-state index in [0.29, 0.717) is 21.6 Å². The number of halogens is 3. The number of anilines is 1. The number of nitrogens with zero attached hydrogens (tertiary/aromatic N) is 2. The zero-order chi connectivity index (χ0) is 14.7. The van der Waals surface area contributed by atoms with E-state index in [9.17, 15) is 9.50 Å². The zero-order valence-electron chi connectivity index (χ0n) is 10.4. The predicted molar refractivity (Wildman–Crippen MR) is 78.2 cm³/mol. The highest BCUT2D eigenvalue weighted by Gasteiger charge is 2.07. The number of pyridine rings is 1. The van der Waals surface area contributed by atoms with E-state index in [1.54, 1.807) is 6.92 Å². The SMILES string of the molecule is C/C(=N\Nc1ncc(Cl)cc1Cl)c1cc(F)ccc1O. The normalized spacial score (nSPS) is 11.5. The molecule has 0 spiro atoms. The summed E-state index contributed by atoms with van der Waals surface area (Å²) in [7, 11) is 0. The van der Waals surface area contributed by atoms with Crippen LogP contribution in [0.15, 0.2) is 35.6 Å². The summed E-state index contributed by atoms with van der Waals surface area (Å²) in [6.45, 7) is 1.62. The summed E-state index contributed by atoms with van der Waals surface area (Å²) in [5, 5.41) is 14.4. The fourth-order valence-electron chi connectivity index (χ4n) is 1.49. The molecule has 2 N–H and O–H groups in total. The van der Waals surface area contributed by atoms with E-state index in [0.717, 1.165) is 6.07 Å². The Kier molecular flexibility index (Phi) is 4.42. The Morgan fingerprint density at radius 1 is 1.35 bits per heavy atom.